The minimum atomic E-state index is -1.79. The molecule has 0 saturated carbocycles. The van der Waals surface area contributed by atoms with Gasteiger partial charge in [0.1, 0.15) is 24.6 Å². The molecule has 3 aromatic rings. The van der Waals surface area contributed by atoms with Gasteiger partial charge in [-0.1, -0.05) is 78.1 Å². The number of methoxy groups -OCH3 is 6. The molecule has 1 aliphatic heterocycles. The molecule has 2 aromatic heterocycles. The van der Waals surface area contributed by atoms with Crippen molar-refractivity contribution in [2.24, 2.45) is 0 Å². The maximum Gasteiger partial charge on any atom is 0.355 e. The maximum absolute atomic E-state index is 14.5. The molecule has 0 aliphatic carbocycles. The lowest BCUT2D eigenvalue weighted by molar-refractivity contribution is -0.141. The van der Waals surface area contributed by atoms with Crippen molar-refractivity contribution in [3.05, 3.63) is 92.1 Å². The van der Waals surface area contributed by atoms with Crippen LogP contribution in [0.5, 0.6) is 0 Å². The third kappa shape index (κ3) is 15.3. The zero-order valence-corrected chi connectivity index (χ0v) is 43.4. The molecule has 0 fully saturated rings. The molecule has 23 heteroatoms. The zero-order valence-electron chi connectivity index (χ0n) is 38.7. The Morgan fingerprint density at radius 2 is 1.00 bits per heavy atom. The molecule has 1 atom stereocenters. The molecule has 0 saturated heterocycles. The Morgan fingerprint density at radius 3 is 1.52 bits per heavy atom. The number of amides is 1. The third-order valence-corrected chi connectivity index (χ3v) is 11.9. The van der Waals surface area contributed by atoms with Gasteiger partial charge in [0.15, 0.2) is 2.14 Å². The van der Waals surface area contributed by atoms with Crippen molar-refractivity contribution in [2.45, 2.75) is 84.9 Å². The van der Waals surface area contributed by atoms with Crippen molar-refractivity contribution >= 4 is 101 Å². The summed E-state index contributed by atoms with van der Waals surface area (Å²) in [5.41, 5.74) is -0.368. The molecule has 4 rings (SSSR count). The van der Waals surface area contributed by atoms with E-state index >= 15 is 0 Å². The minimum absolute atomic E-state index is 0.000620. The van der Waals surface area contributed by atoms with Crippen molar-refractivity contribution in [1.82, 2.24) is 15.3 Å². The number of carbonyl (C=O) groups is 9. The SMILES string of the molecule is COC(=O)CCC1=C(CC(=O)OC)C(Cc2[nH]c(C(=O)OCC(Br)(Br)Br)c(CCC(=O)OC)c2CC(=O)OC)(Cc2[nH]c(C(=O)OCc3ccccc3)c(CC(=O)OC)c2CCC(=O)OC)NC1=O. The number of halogens is 3. The highest BCUT2D eigenvalue weighted by atomic mass is 80.0. The summed E-state index contributed by atoms with van der Waals surface area (Å²) in [7, 11) is 6.98. The van der Waals surface area contributed by atoms with Gasteiger partial charge in [-0.05, 0) is 52.7 Å². The first-order valence-corrected chi connectivity index (χ1v) is 23.5. The standard InChI is InChI=1S/C46H52Br3N3O17/c1-62-34(53)15-12-26-30(19-38(57)66-5)41(43(60)68-23-25-10-8-7-9-11-25)50-32(26)21-45(31(20-39(58)67-6)28(42(59)52-45)14-17-36(55)64-3)22-33-29(18-37(56)65-4)27(13-16-35(54)63-2)40(51-33)44(61)69-24-46(47,48)49/h7-11,50-51H,12-24H2,1-6H3,(H,52,59). The van der Waals surface area contributed by atoms with Crippen LogP contribution < -0.4 is 5.32 Å². The predicted octanol–water partition coefficient (Wildman–Crippen LogP) is 4.80. The van der Waals surface area contributed by atoms with E-state index in [2.05, 4.69) is 63.1 Å². The van der Waals surface area contributed by atoms with Crippen LogP contribution in [-0.4, -0.2) is 121 Å². The van der Waals surface area contributed by atoms with Crippen LogP contribution in [0, 0.1) is 0 Å². The first kappa shape index (κ1) is 55.8. The van der Waals surface area contributed by atoms with E-state index in [4.69, 9.17) is 37.9 Å². The molecule has 69 heavy (non-hydrogen) atoms. The van der Waals surface area contributed by atoms with Gasteiger partial charge in [-0.15, -0.1) is 0 Å². The monoisotopic (exact) mass is 1160 g/mol. The van der Waals surface area contributed by atoms with Crippen molar-refractivity contribution in [2.75, 3.05) is 49.3 Å². The Balaban J connectivity index is 2.11. The van der Waals surface area contributed by atoms with Crippen LogP contribution in [0.25, 0.3) is 0 Å². The summed E-state index contributed by atoms with van der Waals surface area (Å²) in [6.07, 6.45) is -3.56. The van der Waals surface area contributed by atoms with Gasteiger partial charge >= 0.3 is 47.8 Å². The number of benzene rings is 1. The number of aromatic amines is 2. The molecule has 3 N–H and O–H groups in total. The lowest BCUT2D eigenvalue weighted by atomic mass is 9.77. The maximum atomic E-state index is 14.5. The molecule has 1 unspecified atom stereocenters. The Kier molecular flexibility index (Phi) is 20.8. The normalized spacial score (nSPS) is 14.4. The number of rotatable bonds is 24. The molecular formula is C46H52Br3N3O17. The second-order valence-electron chi connectivity index (χ2n) is 15.5. The van der Waals surface area contributed by atoms with E-state index in [9.17, 15) is 43.2 Å². The number of ether oxygens (including phenoxy) is 8. The van der Waals surface area contributed by atoms with E-state index in [-0.39, 0.29) is 121 Å². The number of esters is 8. The number of aromatic nitrogens is 2. The molecule has 1 aromatic carbocycles. The second kappa shape index (κ2) is 25.7. The van der Waals surface area contributed by atoms with Gasteiger partial charge in [-0.25, -0.2) is 9.59 Å². The molecule has 0 radical (unpaired) electrons. The number of carbonyl (C=O) groups excluding carboxylic acids is 9. The number of nitrogens with one attached hydrogen (secondary N) is 3. The molecule has 3 heterocycles. The van der Waals surface area contributed by atoms with E-state index in [0.29, 0.717) is 5.56 Å². The largest absolute Gasteiger partial charge is 0.469 e. The number of H-pyrrole nitrogens is 2. The number of hydrogen-bond acceptors (Lipinski definition) is 17. The first-order chi connectivity index (χ1) is 32.7. The first-order valence-electron chi connectivity index (χ1n) is 21.1. The van der Waals surface area contributed by atoms with Crippen LogP contribution >= 0.6 is 47.8 Å². The third-order valence-electron chi connectivity index (χ3n) is 11.2. The number of alkyl halides is 3. The summed E-state index contributed by atoms with van der Waals surface area (Å²) in [6, 6.07) is 8.78. The smallest absolute Gasteiger partial charge is 0.355 e. The van der Waals surface area contributed by atoms with Crippen molar-refractivity contribution < 1.29 is 81.0 Å². The topological polar surface area (TPSA) is 271 Å². The summed E-state index contributed by atoms with van der Waals surface area (Å²) < 4.78 is 40.2. The Bertz CT molecular complexity index is 2460. The molecule has 1 amide bonds. The Labute approximate surface area is 421 Å². The summed E-state index contributed by atoms with van der Waals surface area (Å²) in [5.74, 6) is -6.80. The van der Waals surface area contributed by atoms with Crippen molar-refractivity contribution in [3.8, 4) is 0 Å². The molecule has 0 spiro atoms. The van der Waals surface area contributed by atoms with Crippen LogP contribution in [0.3, 0.4) is 0 Å². The minimum Gasteiger partial charge on any atom is -0.469 e. The van der Waals surface area contributed by atoms with Crippen LogP contribution in [0.2, 0.25) is 0 Å². The highest BCUT2D eigenvalue weighted by Gasteiger charge is 2.48. The van der Waals surface area contributed by atoms with Gasteiger partial charge in [-0.2, -0.15) is 0 Å². The average molecular weight is 1160 g/mol. The highest BCUT2D eigenvalue weighted by Crippen LogP contribution is 2.41. The summed E-state index contributed by atoms with van der Waals surface area (Å²) in [6.45, 7) is -0.441. The number of hydrogen-bond donors (Lipinski definition) is 3. The molecule has 1 aliphatic rings. The van der Waals surface area contributed by atoms with E-state index in [1.54, 1.807) is 30.3 Å². The molecule has 374 valence electrons. The van der Waals surface area contributed by atoms with E-state index in [1.807, 2.05) is 0 Å². The Hall–Kier alpha value is -5.81. The lowest BCUT2D eigenvalue weighted by Gasteiger charge is -2.33. The van der Waals surface area contributed by atoms with Gasteiger partial charge in [0.05, 0.1) is 67.5 Å². The van der Waals surface area contributed by atoms with Gasteiger partial charge < -0.3 is 53.2 Å². The molecule has 0 bridgehead atoms. The molecule has 20 nitrogen and oxygen atoms in total. The van der Waals surface area contributed by atoms with Gasteiger partial charge in [0.2, 0.25) is 5.91 Å². The highest BCUT2D eigenvalue weighted by molar-refractivity contribution is 9.39. The summed E-state index contributed by atoms with van der Waals surface area (Å²) in [4.78, 5) is 126. The van der Waals surface area contributed by atoms with Crippen LogP contribution in [0.1, 0.15) is 92.3 Å². The summed E-state index contributed by atoms with van der Waals surface area (Å²) in [5, 5.41) is 3.02. The van der Waals surface area contributed by atoms with Gasteiger partial charge in [-0.3, -0.25) is 33.6 Å². The predicted molar refractivity (Wildman–Crippen MR) is 252 cm³/mol. The average Bonchev–Trinajstić information content (AvgIpc) is 3.93. The lowest BCUT2D eigenvalue weighted by Crippen LogP contribution is -2.49. The van der Waals surface area contributed by atoms with Crippen molar-refractivity contribution in [1.29, 1.82) is 0 Å². The van der Waals surface area contributed by atoms with Crippen molar-refractivity contribution in [3.63, 3.8) is 0 Å². The summed E-state index contributed by atoms with van der Waals surface area (Å²) >= 11 is 9.88. The molecular weight excluding hydrogens is 1110 g/mol. The van der Waals surface area contributed by atoms with E-state index in [1.165, 1.54) is 21.3 Å². The fraction of sp³-hybridized carbons (Fsp3) is 0.457. The fourth-order valence-electron chi connectivity index (χ4n) is 7.86. The zero-order chi connectivity index (χ0) is 51.1. The van der Waals surface area contributed by atoms with Gasteiger partial charge in [0.25, 0.3) is 0 Å². The quantitative estimate of drug-likeness (QED) is 0.0617. The second-order valence-corrected chi connectivity index (χ2v) is 22.7. The van der Waals surface area contributed by atoms with Crippen LogP contribution in [0.15, 0.2) is 41.5 Å². The Morgan fingerprint density at radius 1 is 0.551 bits per heavy atom. The van der Waals surface area contributed by atoms with Crippen LogP contribution in [-0.2, 0) is 117 Å². The fourth-order valence-corrected chi connectivity index (χ4v) is 8.20. The van der Waals surface area contributed by atoms with Crippen LogP contribution in [0.4, 0.5) is 0 Å². The van der Waals surface area contributed by atoms with Gasteiger partial charge in [0, 0.05) is 49.1 Å². The van der Waals surface area contributed by atoms with E-state index < -0.39 is 80.6 Å². The van der Waals surface area contributed by atoms with E-state index in [0.717, 1.165) is 21.3 Å².